The van der Waals surface area contributed by atoms with Crippen molar-refractivity contribution in [2.45, 2.75) is 13.8 Å². The second-order valence-corrected chi connectivity index (χ2v) is 11.4. The molecule has 0 aliphatic heterocycles. The van der Waals surface area contributed by atoms with Gasteiger partial charge >= 0.3 is 0 Å². The molecular formula is C28H23Cl3N8S2. The van der Waals surface area contributed by atoms with E-state index < -0.39 is 0 Å². The Bertz CT molecular complexity index is 1630. The molecule has 41 heavy (non-hydrogen) atoms. The molecule has 8 nitrogen and oxygen atoms in total. The van der Waals surface area contributed by atoms with Gasteiger partial charge in [0.25, 0.3) is 0 Å². The first-order valence-corrected chi connectivity index (χ1v) is 14.7. The molecule has 6 aromatic rings. The first kappa shape index (κ1) is 30.3. The number of hydrogen-bond donors (Lipinski definition) is 2. The van der Waals surface area contributed by atoms with Crippen LogP contribution in [-0.4, -0.2) is 29.9 Å². The molecular weight excluding hydrogens is 619 g/mol. The third kappa shape index (κ3) is 9.73. The maximum absolute atomic E-state index is 5.91. The Morgan fingerprint density at radius 2 is 1.12 bits per heavy atom. The Morgan fingerprint density at radius 3 is 1.61 bits per heavy atom. The molecule has 13 heteroatoms. The van der Waals surface area contributed by atoms with Crippen molar-refractivity contribution in [1.82, 2.24) is 29.9 Å². The van der Waals surface area contributed by atoms with E-state index in [1.807, 2.05) is 54.7 Å². The minimum absolute atomic E-state index is 0.382. The molecule has 0 saturated carbocycles. The number of aryl methyl sites for hydroxylation is 2. The predicted molar refractivity (Wildman–Crippen MR) is 171 cm³/mol. The average Bonchev–Trinajstić information content (AvgIpc) is 3.58. The van der Waals surface area contributed by atoms with Crippen molar-refractivity contribution in [3.63, 3.8) is 0 Å². The van der Waals surface area contributed by atoms with Gasteiger partial charge in [-0.1, -0.05) is 118 Å². The summed E-state index contributed by atoms with van der Waals surface area (Å²) in [4.78, 5) is 26.5. The van der Waals surface area contributed by atoms with Crippen LogP contribution >= 0.6 is 57.5 Å². The van der Waals surface area contributed by atoms with Crippen LogP contribution in [0.5, 0.6) is 0 Å². The minimum Gasteiger partial charge on any atom is -0.375 e. The molecule has 0 saturated heterocycles. The van der Waals surface area contributed by atoms with Gasteiger partial charge in [0.1, 0.15) is 32.9 Å². The molecule has 2 aromatic carbocycles. The van der Waals surface area contributed by atoms with E-state index in [1.54, 1.807) is 37.4 Å². The number of anilines is 3. The van der Waals surface area contributed by atoms with Crippen molar-refractivity contribution in [2.24, 2.45) is 0 Å². The van der Waals surface area contributed by atoms with E-state index in [9.17, 15) is 0 Å². The van der Waals surface area contributed by atoms with Gasteiger partial charge < -0.3 is 11.1 Å². The maximum atomic E-state index is 5.91. The molecule has 4 heterocycles. The van der Waals surface area contributed by atoms with E-state index >= 15 is 0 Å². The van der Waals surface area contributed by atoms with Crippen molar-refractivity contribution < 1.29 is 0 Å². The fourth-order valence-corrected chi connectivity index (χ4v) is 5.54. The van der Waals surface area contributed by atoms with Crippen LogP contribution in [0.25, 0.3) is 20.9 Å². The van der Waals surface area contributed by atoms with E-state index in [-0.39, 0.29) is 0 Å². The van der Waals surface area contributed by atoms with Gasteiger partial charge in [0.15, 0.2) is 10.3 Å². The lowest BCUT2D eigenvalue weighted by Crippen LogP contribution is -1.96. The van der Waals surface area contributed by atoms with Gasteiger partial charge in [0.2, 0.25) is 0 Å². The lowest BCUT2D eigenvalue weighted by molar-refractivity contribution is 1.05. The van der Waals surface area contributed by atoms with Crippen LogP contribution in [0.15, 0.2) is 85.2 Å². The molecule has 4 aromatic heterocycles. The number of thiazole rings is 2. The molecule has 208 valence electrons. The molecule has 0 atom stereocenters. The summed E-state index contributed by atoms with van der Waals surface area (Å²) >= 11 is 20.0. The number of aromatic nitrogens is 6. The van der Waals surface area contributed by atoms with E-state index in [2.05, 4.69) is 47.4 Å². The number of hydrogen-bond acceptors (Lipinski definition) is 10. The highest BCUT2D eigenvalue weighted by Gasteiger charge is 2.06. The smallest absolute Gasteiger partial charge is 0.188 e. The number of halogens is 3. The van der Waals surface area contributed by atoms with E-state index in [1.165, 1.54) is 23.0 Å². The van der Waals surface area contributed by atoms with Gasteiger partial charge in [0, 0.05) is 24.5 Å². The molecule has 0 aliphatic carbocycles. The van der Waals surface area contributed by atoms with E-state index in [0.717, 1.165) is 20.4 Å². The van der Waals surface area contributed by atoms with Crippen LogP contribution in [0.4, 0.5) is 16.1 Å². The average molecular weight is 642 g/mol. The summed E-state index contributed by atoms with van der Waals surface area (Å²) in [6.45, 7) is 3.53. The van der Waals surface area contributed by atoms with Gasteiger partial charge in [-0.25, -0.2) is 29.9 Å². The summed E-state index contributed by atoms with van der Waals surface area (Å²) < 4.78 is 0. The lowest BCUT2D eigenvalue weighted by Gasteiger charge is -2.02. The predicted octanol–water partition coefficient (Wildman–Crippen LogP) is 8.79. The van der Waals surface area contributed by atoms with Gasteiger partial charge in [-0.2, -0.15) is 0 Å². The zero-order valence-electron chi connectivity index (χ0n) is 21.8. The second-order valence-electron chi connectivity index (χ2n) is 8.13. The van der Waals surface area contributed by atoms with Gasteiger partial charge in [-0.3, -0.25) is 0 Å². The maximum Gasteiger partial charge on any atom is 0.188 e. The van der Waals surface area contributed by atoms with Gasteiger partial charge in [-0.15, -0.1) is 0 Å². The molecule has 0 bridgehead atoms. The summed E-state index contributed by atoms with van der Waals surface area (Å²) in [5.41, 5.74) is 7.84. The fourth-order valence-electron chi connectivity index (χ4n) is 3.29. The molecule has 0 unspecified atom stereocenters. The Kier molecular flexibility index (Phi) is 10.9. The Balaban J connectivity index is 0.000000156. The largest absolute Gasteiger partial charge is 0.375 e. The standard InChI is InChI=1S/C14H11ClN4S.C9H8N2S.C5H4Cl2N2/c1-9-17-12(15)7-13(18-9)19-14-16-8-11(20-14)10-5-3-2-4-6-10;10-9-11-6-8(12-9)7-4-2-1-3-5-7;1-3-8-4(6)2-5(7)9-3/h2-8H,1H3,(H,16,17,18,19);1-6H,(H2,10,11);2H,1H3. The highest BCUT2D eigenvalue weighted by molar-refractivity contribution is 7.19. The number of rotatable bonds is 4. The Morgan fingerprint density at radius 1 is 0.634 bits per heavy atom. The molecule has 0 aliphatic rings. The van der Waals surface area contributed by atoms with E-state index in [0.29, 0.717) is 38.1 Å². The van der Waals surface area contributed by atoms with E-state index in [4.69, 9.17) is 40.5 Å². The first-order chi connectivity index (χ1) is 19.7. The lowest BCUT2D eigenvalue weighted by atomic mass is 10.2. The Hall–Kier alpha value is -3.67. The van der Waals surface area contributed by atoms with Crippen LogP contribution in [0, 0.1) is 13.8 Å². The number of benzene rings is 2. The zero-order valence-corrected chi connectivity index (χ0v) is 25.7. The van der Waals surface area contributed by atoms with Crippen LogP contribution in [0.3, 0.4) is 0 Å². The highest BCUT2D eigenvalue weighted by atomic mass is 35.5. The van der Waals surface area contributed by atoms with Crippen molar-refractivity contribution >= 4 is 73.6 Å². The molecule has 3 N–H and O–H groups in total. The van der Waals surface area contributed by atoms with Crippen LogP contribution in [0.1, 0.15) is 11.6 Å². The van der Waals surface area contributed by atoms with Crippen molar-refractivity contribution in [2.75, 3.05) is 11.1 Å². The SMILES string of the molecule is Cc1nc(Cl)cc(Cl)n1.Cc1nc(Cl)cc(Nc2ncc(-c3ccccc3)s2)n1.Nc1ncc(-c2ccccc2)s1. The molecule has 0 amide bonds. The number of nitrogens with zero attached hydrogens (tertiary/aromatic N) is 6. The third-order valence-corrected chi connectivity index (χ3v) is 7.38. The number of nitrogens with two attached hydrogens (primary N) is 1. The normalized spacial score (nSPS) is 10.2. The van der Waals surface area contributed by atoms with Crippen molar-refractivity contribution in [3.8, 4) is 20.9 Å². The summed E-state index contributed by atoms with van der Waals surface area (Å²) in [7, 11) is 0. The molecule has 0 fully saturated rings. The molecule has 0 radical (unpaired) electrons. The zero-order chi connectivity index (χ0) is 29.2. The van der Waals surface area contributed by atoms with Gasteiger partial charge in [-0.05, 0) is 25.0 Å². The summed E-state index contributed by atoms with van der Waals surface area (Å²) in [5.74, 6) is 1.86. The topological polar surface area (TPSA) is 115 Å². The Labute approximate surface area is 260 Å². The van der Waals surface area contributed by atoms with Crippen LogP contribution < -0.4 is 11.1 Å². The minimum atomic E-state index is 0.382. The summed E-state index contributed by atoms with van der Waals surface area (Å²) in [5, 5.41) is 5.72. The number of nitrogen functional groups attached to an aromatic ring is 1. The molecule has 6 rings (SSSR count). The summed E-state index contributed by atoms with van der Waals surface area (Å²) in [6.07, 6.45) is 3.65. The highest BCUT2D eigenvalue weighted by Crippen LogP contribution is 2.30. The third-order valence-electron chi connectivity index (χ3n) is 4.96. The monoisotopic (exact) mass is 640 g/mol. The van der Waals surface area contributed by atoms with Gasteiger partial charge in [0.05, 0.1) is 9.75 Å². The molecule has 0 spiro atoms. The summed E-state index contributed by atoms with van der Waals surface area (Å²) in [6, 6.07) is 23.4. The number of nitrogens with one attached hydrogen (secondary N) is 1. The first-order valence-electron chi connectivity index (χ1n) is 12.0. The van der Waals surface area contributed by atoms with Crippen LogP contribution in [0.2, 0.25) is 15.5 Å². The van der Waals surface area contributed by atoms with Crippen molar-refractivity contribution in [1.29, 1.82) is 0 Å². The quantitative estimate of drug-likeness (QED) is 0.184. The van der Waals surface area contributed by atoms with Crippen LogP contribution in [-0.2, 0) is 0 Å². The second kappa shape index (κ2) is 14.8. The van der Waals surface area contributed by atoms with Crippen molar-refractivity contribution in [3.05, 3.63) is 112 Å². The fraction of sp³-hybridized carbons (Fsp3) is 0.0714.